The Balaban J connectivity index is 1.67. The smallest absolute Gasteiger partial charge is 0.221 e. The van der Waals surface area contributed by atoms with Gasteiger partial charge in [-0.25, -0.2) is 0 Å². The Morgan fingerprint density at radius 2 is 1.83 bits per heavy atom. The van der Waals surface area contributed by atoms with Crippen molar-refractivity contribution in [2.45, 2.75) is 51.9 Å². The summed E-state index contributed by atoms with van der Waals surface area (Å²) in [6.45, 7) is 1.85. The van der Waals surface area contributed by atoms with E-state index in [1.807, 2.05) is 24.3 Å². The zero-order chi connectivity index (χ0) is 17.2. The number of hydrogen-bond donors (Lipinski definition) is 2. The molecule has 0 atom stereocenters. The summed E-state index contributed by atoms with van der Waals surface area (Å²) in [6, 6.07) is 7.33. The quantitative estimate of drug-likeness (QED) is 0.814. The van der Waals surface area contributed by atoms with Crippen molar-refractivity contribution in [3.05, 3.63) is 29.8 Å². The average molecular weight is 326 g/mol. The molecule has 2 amide bonds. The third-order valence-electron chi connectivity index (χ3n) is 4.32. The molecule has 0 spiro atoms. The lowest BCUT2D eigenvalue weighted by Gasteiger charge is -2.20. The molecule has 0 unspecified atom stereocenters. The van der Waals surface area contributed by atoms with E-state index in [-0.39, 0.29) is 11.8 Å². The van der Waals surface area contributed by atoms with Gasteiger partial charge >= 0.3 is 0 Å². The lowest BCUT2D eigenvalue weighted by atomic mass is 9.86. The van der Waals surface area contributed by atoms with E-state index in [1.54, 1.807) is 0 Å². The van der Waals surface area contributed by atoms with Crippen LogP contribution in [0.1, 0.15) is 57.4 Å². The van der Waals surface area contributed by atoms with Gasteiger partial charge in [0.2, 0.25) is 11.8 Å². The molecule has 1 saturated carbocycles. The molecule has 128 valence electrons. The van der Waals surface area contributed by atoms with Gasteiger partial charge in [0.15, 0.2) is 0 Å². The Kier molecular flexibility index (Phi) is 7.35. The second kappa shape index (κ2) is 9.77. The second-order valence-electron chi connectivity index (χ2n) is 6.38. The van der Waals surface area contributed by atoms with Crippen molar-refractivity contribution in [2.75, 3.05) is 11.9 Å². The van der Waals surface area contributed by atoms with Crippen LogP contribution < -0.4 is 10.6 Å². The standard InChI is InChI=1S/C20H26N2O2/c1-16(23)22-19-12-9-18(10-13-19)8-5-15-21-20(24)14-11-17-6-3-2-4-7-17/h9-10,12-13,17H,2-4,6-7,11,14-15H2,1H3,(H,21,24)(H,22,23). The summed E-state index contributed by atoms with van der Waals surface area (Å²) >= 11 is 0. The highest BCUT2D eigenvalue weighted by Gasteiger charge is 2.14. The Morgan fingerprint density at radius 3 is 2.50 bits per heavy atom. The van der Waals surface area contributed by atoms with Crippen LogP contribution in [0, 0.1) is 17.8 Å². The molecule has 0 aromatic heterocycles. The predicted molar refractivity (Wildman–Crippen MR) is 96.4 cm³/mol. The highest BCUT2D eigenvalue weighted by molar-refractivity contribution is 5.88. The average Bonchev–Trinajstić information content (AvgIpc) is 2.59. The molecule has 1 aliphatic carbocycles. The maximum atomic E-state index is 11.8. The molecular formula is C20H26N2O2. The summed E-state index contributed by atoms with van der Waals surface area (Å²) in [7, 11) is 0. The summed E-state index contributed by atoms with van der Waals surface area (Å²) in [6.07, 6.45) is 8.16. The largest absolute Gasteiger partial charge is 0.345 e. The van der Waals surface area contributed by atoms with Gasteiger partial charge in [-0.05, 0) is 36.6 Å². The summed E-state index contributed by atoms with van der Waals surface area (Å²) in [5, 5.41) is 5.57. The topological polar surface area (TPSA) is 58.2 Å². The molecule has 1 fully saturated rings. The molecule has 4 heteroatoms. The molecular weight excluding hydrogens is 300 g/mol. The number of carbonyl (C=O) groups is 2. The fraction of sp³-hybridized carbons (Fsp3) is 0.500. The van der Waals surface area contributed by atoms with Gasteiger partial charge in [0.25, 0.3) is 0 Å². The van der Waals surface area contributed by atoms with E-state index in [1.165, 1.54) is 39.0 Å². The monoisotopic (exact) mass is 326 g/mol. The van der Waals surface area contributed by atoms with Crippen molar-refractivity contribution in [3.8, 4) is 11.8 Å². The van der Waals surface area contributed by atoms with Gasteiger partial charge in [0.1, 0.15) is 0 Å². The lowest BCUT2D eigenvalue weighted by molar-refractivity contribution is -0.121. The van der Waals surface area contributed by atoms with E-state index >= 15 is 0 Å². The van der Waals surface area contributed by atoms with Crippen molar-refractivity contribution in [1.82, 2.24) is 5.32 Å². The van der Waals surface area contributed by atoms with Gasteiger partial charge in [-0.3, -0.25) is 9.59 Å². The first-order valence-corrected chi connectivity index (χ1v) is 8.77. The van der Waals surface area contributed by atoms with Crippen molar-refractivity contribution >= 4 is 17.5 Å². The molecule has 1 aromatic carbocycles. The summed E-state index contributed by atoms with van der Waals surface area (Å²) in [4.78, 5) is 22.8. The van der Waals surface area contributed by atoms with Crippen molar-refractivity contribution < 1.29 is 9.59 Å². The van der Waals surface area contributed by atoms with Crippen LogP contribution in [0.15, 0.2) is 24.3 Å². The van der Waals surface area contributed by atoms with Crippen LogP contribution in [0.25, 0.3) is 0 Å². The van der Waals surface area contributed by atoms with Gasteiger partial charge in [-0.1, -0.05) is 43.9 Å². The first-order chi connectivity index (χ1) is 11.6. The van der Waals surface area contributed by atoms with Gasteiger partial charge in [0.05, 0.1) is 6.54 Å². The molecule has 4 nitrogen and oxygen atoms in total. The van der Waals surface area contributed by atoms with E-state index < -0.39 is 0 Å². The van der Waals surface area contributed by atoms with E-state index in [9.17, 15) is 9.59 Å². The molecule has 1 aliphatic rings. The SMILES string of the molecule is CC(=O)Nc1ccc(C#CCNC(=O)CCC2CCCCC2)cc1. The van der Waals surface area contributed by atoms with Crippen LogP contribution in [-0.4, -0.2) is 18.4 Å². The van der Waals surface area contributed by atoms with Crippen molar-refractivity contribution in [1.29, 1.82) is 0 Å². The number of nitrogens with one attached hydrogen (secondary N) is 2. The molecule has 0 bridgehead atoms. The number of hydrogen-bond acceptors (Lipinski definition) is 2. The third-order valence-corrected chi connectivity index (χ3v) is 4.32. The van der Waals surface area contributed by atoms with E-state index in [4.69, 9.17) is 0 Å². The van der Waals surface area contributed by atoms with Crippen LogP contribution >= 0.6 is 0 Å². The van der Waals surface area contributed by atoms with Crippen LogP contribution in [-0.2, 0) is 9.59 Å². The first kappa shape index (κ1) is 18.1. The summed E-state index contributed by atoms with van der Waals surface area (Å²) < 4.78 is 0. The Labute approximate surface area is 144 Å². The van der Waals surface area contributed by atoms with Crippen LogP contribution in [0.5, 0.6) is 0 Å². The minimum absolute atomic E-state index is 0.0928. The molecule has 24 heavy (non-hydrogen) atoms. The van der Waals surface area contributed by atoms with Crippen LogP contribution in [0.3, 0.4) is 0 Å². The van der Waals surface area contributed by atoms with E-state index in [0.29, 0.717) is 13.0 Å². The number of anilines is 1. The molecule has 2 N–H and O–H groups in total. The molecule has 0 saturated heterocycles. The van der Waals surface area contributed by atoms with Crippen molar-refractivity contribution in [2.24, 2.45) is 5.92 Å². The fourth-order valence-corrected chi connectivity index (χ4v) is 3.03. The molecule has 0 aliphatic heterocycles. The van der Waals surface area contributed by atoms with Crippen LogP contribution in [0.4, 0.5) is 5.69 Å². The highest BCUT2D eigenvalue weighted by Crippen LogP contribution is 2.27. The normalized spacial score (nSPS) is 14.4. The Bertz CT molecular complexity index is 605. The zero-order valence-electron chi connectivity index (χ0n) is 14.4. The summed E-state index contributed by atoms with van der Waals surface area (Å²) in [5.41, 5.74) is 1.62. The Hall–Kier alpha value is -2.28. The minimum Gasteiger partial charge on any atom is -0.345 e. The molecule has 0 heterocycles. The van der Waals surface area contributed by atoms with Gasteiger partial charge in [-0.15, -0.1) is 0 Å². The van der Waals surface area contributed by atoms with Gasteiger partial charge in [0, 0.05) is 24.6 Å². The number of rotatable bonds is 5. The maximum Gasteiger partial charge on any atom is 0.221 e. The van der Waals surface area contributed by atoms with Crippen molar-refractivity contribution in [3.63, 3.8) is 0 Å². The lowest BCUT2D eigenvalue weighted by Crippen LogP contribution is -2.24. The van der Waals surface area contributed by atoms with Crippen LogP contribution in [0.2, 0.25) is 0 Å². The first-order valence-electron chi connectivity index (χ1n) is 8.77. The van der Waals surface area contributed by atoms with E-state index in [0.717, 1.165) is 23.6 Å². The van der Waals surface area contributed by atoms with Gasteiger partial charge < -0.3 is 10.6 Å². The summed E-state index contributed by atoms with van der Waals surface area (Å²) in [5.74, 6) is 6.70. The molecule has 0 radical (unpaired) electrons. The Morgan fingerprint density at radius 1 is 1.12 bits per heavy atom. The second-order valence-corrected chi connectivity index (χ2v) is 6.38. The highest BCUT2D eigenvalue weighted by atomic mass is 16.2. The van der Waals surface area contributed by atoms with Gasteiger partial charge in [-0.2, -0.15) is 0 Å². The zero-order valence-corrected chi connectivity index (χ0v) is 14.4. The molecule has 2 rings (SSSR count). The van der Waals surface area contributed by atoms with E-state index in [2.05, 4.69) is 22.5 Å². The maximum absolute atomic E-state index is 11.8. The number of carbonyl (C=O) groups excluding carboxylic acids is 2. The minimum atomic E-state index is -0.0928. The number of amides is 2. The number of benzene rings is 1. The predicted octanol–water partition coefficient (Wildman–Crippen LogP) is 3.47. The fourth-order valence-electron chi connectivity index (χ4n) is 3.03. The third kappa shape index (κ3) is 6.87. The molecule has 1 aromatic rings.